The summed E-state index contributed by atoms with van der Waals surface area (Å²) >= 11 is 0. The van der Waals surface area contributed by atoms with Gasteiger partial charge in [0, 0.05) is 25.9 Å². The zero-order chi connectivity index (χ0) is 53.8. The van der Waals surface area contributed by atoms with E-state index in [-0.39, 0.29) is 107 Å². The number of aliphatic hydroxyl groups excluding tert-OH is 2. The summed E-state index contributed by atoms with van der Waals surface area (Å²) in [6.07, 6.45) is 15.2. The lowest BCUT2D eigenvalue weighted by atomic mass is 9.43. The molecule has 8 aliphatic rings. The number of aliphatic hydroxyl groups is 2. The highest BCUT2D eigenvalue weighted by atomic mass is 32.2. The predicted octanol–water partition coefficient (Wildman–Crippen LogP) is 7.69. The fourth-order valence-corrected chi connectivity index (χ4v) is 19.9. The third-order valence-corrected chi connectivity index (χ3v) is 24.4. The van der Waals surface area contributed by atoms with E-state index in [0.717, 1.165) is 77.0 Å². The van der Waals surface area contributed by atoms with Crippen LogP contribution in [0.4, 0.5) is 0 Å². The minimum atomic E-state index is -4.13. The van der Waals surface area contributed by atoms with Crippen molar-refractivity contribution < 1.29 is 64.8 Å². The van der Waals surface area contributed by atoms with Crippen LogP contribution in [0.1, 0.15) is 183 Å². The predicted molar refractivity (Wildman–Crippen MR) is 278 cm³/mol. The first-order valence-corrected chi connectivity index (χ1v) is 32.1. The normalized spacial score (nSPS) is 42.4. The van der Waals surface area contributed by atoms with Crippen molar-refractivity contribution in [3.05, 3.63) is 0 Å². The Morgan fingerprint density at radius 3 is 1.23 bits per heavy atom. The number of rotatable bonds is 19. The van der Waals surface area contributed by atoms with Crippen molar-refractivity contribution in [1.82, 2.24) is 10.6 Å². The third-order valence-electron chi connectivity index (χ3n) is 22.9. The molecule has 0 aliphatic heterocycles. The molecule has 6 N–H and O–H groups in total. The van der Waals surface area contributed by atoms with Crippen LogP contribution >= 0.6 is 0 Å². The number of amides is 2. The molecular formula is C56H92N2O14S2. The molecule has 74 heavy (non-hydrogen) atoms. The van der Waals surface area contributed by atoms with Crippen LogP contribution in [0.25, 0.3) is 0 Å². The lowest BCUT2D eigenvalue weighted by Crippen LogP contribution is -2.58. The summed E-state index contributed by atoms with van der Waals surface area (Å²) in [5, 5.41) is 29.2. The number of hydrogen-bond acceptors (Lipinski definition) is 12. The maximum atomic E-state index is 13.3. The molecule has 0 bridgehead atoms. The van der Waals surface area contributed by atoms with E-state index in [1.165, 1.54) is 0 Å². The van der Waals surface area contributed by atoms with Crippen molar-refractivity contribution in [1.29, 1.82) is 0 Å². The van der Waals surface area contributed by atoms with Gasteiger partial charge < -0.3 is 30.3 Å². The summed E-state index contributed by atoms with van der Waals surface area (Å²) in [5.74, 6) is 1.67. The molecule has 0 heterocycles. The van der Waals surface area contributed by atoms with E-state index in [4.69, 9.17) is 18.6 Å². The highest BCUT2D eigenvalue weighted by Gasteiger charge is 2.65. The van der Waals surface area contributed by atoms with E-state index >= 15 is 0 Å². The number of esters is 2. The maximum absolute atomic E-state index is 13.3. The Morgan fingerprint density at radius 2 is 0.865 bits per heavy atom. The van der Waals surface area contributed by atoms with Crippen LogP contribution in [0.3, 0.4) is 0 Å². The van der Waals surface area contributed by atoms with Gasteiger partial charge in [-0.3, -0.25) is 28.3 Å². The summed E-state index contributed by atoms with van der Waals surface area (Å²) in [6.45, 7) is 13.9. The Labute approximate surface area is 442 Å². The summed E-state index contributed by atoms with van der Waals surface area (Å²) in [4.78, 5) is 51.7. The van der Waals surface area contributed by atoms with Crippen molar-refractivity contribution in [2.24, 2.45) is 92.7 Å². The van der Waals surface area contributed by atoms with Gasteiger partial charge in [-0.25, -0.2) is 0 Å². The Bertz CT molecular complexity index is 2130. The molecular weight excluding hydrogens is 989 g/mol. The lowest BCUT2D eigenvalue weighted by molar-refractivity contribution is -0.185. The quantitative estimate of drug-likeness (QED) is 0.0536. The molecule has 0 radical (unpaired) electrons. The van der Waals surface area contributed by atoms with Crippen molar-refractivity contribution in [3.63, 3.8) is 0 Å². The lowest BCUT2D eigenvalue weighted by Gasteiger charge is -2.62. The average Bonchev–Trinajstić information content (AvgIpc) is 3.86. The second-order valence-corrected chi connectivity index (χ2v) is 29.8. The molecule has 2 amide bonds. The number of ether oxygens (including phenoxy) is 2. The van der Waals surface area contributed by atoms with Gasteiger partial charge in [0.1, 0.15) is 12.2 Å². The molecule has 0 aromatic heterocycles. The molecule has 0 spiro atoms. The Balaban J connectivity index is 0.763. The van der Waals surface area contributed by atoms with E-state index in [1.807, 2.05) is 0 Å². The molecule has 0 saturated heterocycles. The highest BCUT2D eigenvalue weighted by Crippen LogP contribution is 2.70. The molecule has 8 aliphatic carbocycles. The maximum Gasteiger partial charge on any atom is 0.306 e. The molecule has 0 aromatic rings. The first kappa shape index (κ1) is 57.8. The standard InChI is InChI=1S/C56H92N2O14S2/c1-33(7-13-47(61)57-25-27-73(65,66)67)39-9-11-41-51-43(19-23-55(39,41)5)53(3)21-17-37(29-35(53)31-45(51)59)71-49(63)15-16-50(64)72-38-18-22-54(4)36(30-38)32-46(60)52-42-12-10-40(56(42,6)24-20-44(52)54)34(2)8-14-48(62)58-26-28-74(68,69)70/h33-46,51-52,59-60H,7-32H2,1-6H3,(H,57,61)(H,58,62)(H,65,66,67)(H,68,69,70)/t33-,34-,35?,36?,37-,38-,39-,40-,41+,42+,43+,44+,45+,46+,51+,52+,53+,54+,55-,56-/m1/s1. The van der Waals surface area contributed by atoms with Gasteiger partial charge in [-0.1, -0.05) is 41.5 Å². The van der Waals surface area contributed by atoms with Gasteiger partial charge in [-0.2, -0.15) is 16.8 Å². The van der Waals surface area contributed by atoms with Gasteiger partial charge in [0.15, 0.2) is 0 Å². The van der Waals surface area contributed by atoms with Gasteiger partial charge in [-0.15, -0.1) is 0 Å². The van der Waals surface area contributed by atoms with E-state index in [0.29, 0.717) is 98.7 Å². The second kappa shape index (κ2) is 22.4. The first-order valence-electron chi connectivity index (χ1n) is 28.8. The SMILES string of the molecule is C[C@H](CCC(=O)NCCS(=O)(=O)O)[C@H]1CC[C@H]2[C@@H]3[C@@H](O)CC4C[C@H](OC(=O)CCC(=O)O[C@@H]5CC[C@@]6(C)C(C5)C[C@H](O)[C@H]5[C@@H]7CC[C@H]([C@H](C)CCC(=O)NCCS(=O)(=O)O)[C@@]7(C)CC[C@@H]56)CC[C@]4(C)[C@H]3CC[C@]12C. The van der Waals surface area contributed by atoms with Gasteiger partial charge in [0.25, 0.3) is 20.2 Å². The third kappa shape index (κ3) is 12.1. The van der Waals surface area contributed by atoms with E-state index in [9.17, 15) is 46.2 Å². The van der Waals surface area contributed by atoms with Gasteiger partial charge in [0.2, 0.25) is 11.8 Å². The molecule has 20 atom stereocenters. The number of carbonyl (C=O) groups is 4. The van der Waals surface area contributed by atoms with Gasteiger partial charge >= 0.3 is 11.9 Å². The molecule has 16 nitrogen and oxygen atoms in total. The van der Waals surface area contributed by atoms with E-state index in [2.05, 4.69) is 52.2 Å². The number of hydrogen-bond donors (Lipinski definition) is 6. The van der Waals surface area contributed by atoms with Crippen LogP contribution in [0.2, 0.25) is 0 Å². The molecule has 2 unspecified atom stereocenters. The molecule has 18 heteroatoms. The Morgan fingerprint density at radius 1 is 0.514 bits per heavy atom. The van der Waals surface area contributed by atoms with Crippen LogP contribution in [0.15, 0.2) is 0 Å². The van der Waals surface area contributed by atoms with Crippen LogP contribution in [-0.4, -0.2) is 109 Å². The summed E-state index contributed by atoms with van der Waals surface area (Å²) in [7, 11) is -8.26. The monoisotopic (exact) mass is 1080 g/mol. The summed E-state index contributed by atoms with van der Waals surface area (Å²) in [6, 6.07) is 0. The highest BCUT2D eigenvalue weighted by molar-refractivity contribution is 7.86. The van der Waals surface area contributed by atoms with Crippen molar-refractivity contribution in [2.75, 3.05) is 24.6 Å². The van der Waals surface area contributed by atoms with Gasteiger partial charge in [-0.05, 0) is 208 Å². The number of carbonyl (C=O) groups excluding carboxylic acids is 4. The molecule has 8 saturated carbocycles. The summed E-state index contributed by atoms with van der Waals surface area (Å²) in [5.41, 5.74) is 0.193. The summed E-state index contributed by atoms with van der Waals surface area (Å²) < 4.78 is 74.4. The minimum Gasteiger partial charge on any atom is -0.462 e. The zero-order valence-corrected chi connectivity index (χ0v) is 46.9. The molecule has 422 valence electrons. The van der Waals surface area contributed by atoms with Crippen LogP contribution in [-0.2, 0) is 48.9 Å². The Kier molecular flexibility index (Phi) is 17.5. The largest absolute Gasteiger partial charge is 0.462 e. The fraction of sp³-hybridized carbons (Fsp3) is 0.929. The van der Waals surface area contributed by atoms with E-state index < -0.39 is 43.9 Å². The van der Waals surface area contributed by atoms with Gasteiger partial charge in [0.05, 0.1) is 36.6 Å². The second-order valence-electron chi connectivity index (χ2n) is 26.6. The molecule has 0 aromatic carbocycles. The van der Waals surface area contributed by atoms with Crippen molar-refractivity contribution in [3.8, 4) is 0 Å². The average molecular weight is 1080 g/mol. The zero-order valence-electron chi connectivity index (χ0n) is 45.3. The molecule has 8 fully saturated rings. The van der Waals surface area contributed by atoms with Crippen molar-refractivity contribution in [2.45, 2.75) is 207 Å². The van der Waals surface area contributed by atoms with Crippen LogP contribution in [0.5, 0.6) is 0 Å². The number of nitrogens with one attached hydrogen (secondary N) is 2. The fourth-order valence-electron chi connectivity index (χ4n) is 19.2. The van der Waals surface area contributed by atoms with Crippen LogP contribution < -0.4 is 10.6 Å². The Hall–Kier alpha value is -2.38. The topological polar surface area (TPSA) is 260 Å². The number of fused-ring (bicyclic) bond motifs is 10. The van der Waals surface area contributed by atoms with E-state index in [1.54, 1.807) is 0 Å². The smallest absolute Gasteiger partial charge is 0.306 e. The molecule has 8 rings (SSSR count). The first-order chi connectivity index (χ1) is 34.6. The van der Waals surface area contributed by atoms with Crippen LogP contribution in [0, 0.1) is 92.7 Å². The minimum absolute atomic E-state index is 0.0341. The van der Waals surface area contributed by atoms with Crippen molar-refractivity contribution >= 4 is 44.0 Å².